The summed E-state index contributed by atoms with van der Waals surface area (Å²) < 4.78 is 5.13. The van der Waals surface area contributed by atoms with Crippen LogP contribution in [0.25, 0.3) is 0 Å². The third kappa shape index (κ3) is 3.11. The fraction of sp³-hybridized carbons (Fsp3) is 0.167. The second kappa shape index (κ2) is 5.54. The first-order valence-electron chi connectivity index (χ1n) is 5.19. The van der Waals surface area contributed by atoms with Gasteiger partial charge in [0.15, 0.2) is 0 Å². The Labute approximate surface area is 117 Å². The number of alkyl halides is 1. The summed E-state index contributed by atoms with van der Waals surface area (Å²) in [6, 6.07) is 10.4. The van der Waals surface area contributed by atoms with Crippen LogP contribution in [0.5, 0.6) is 0 Å². The quantitative estimate of drug-likeness (QED) is 0.470. The molecule has 0 bridgehead atoms. The van der Waals surface area contributed by atoms with Crippen LogP contribution in [0.3, 0.4) is 0 Å². The van der Waals surface area contributed by atoms with Crippen molar-refractivity contribution in [1.29, 1.82) is 0 Å². The van der Waals surface area contributed by atoms with Gasteiger partial charge in [-0.15, -0.1) is 0 Å². The van der Waals surface area contributed by atoms with Gasteiger partial charge < -0.3 is 4.42 Å². The van der Waals surface area contributed by atoms with Crippen LogP contribution < -0.4 is 0 Å². The minimum atomic E-state index is -0.550. The van der Waals surface area contributed by atoms with Crippen LogP contribution >= 0.6 is 27.5 Å². The van der Waals surface area contributed by atoms with Crippen LogP contribution in [0.2, 0.25) is 5.02 Å². The molecule has 0 aliphatic heterocycles. The van der Waals surface area contributed by atoms with Crippen molar-refractivity contribution in [2.75, 3.05) is 0 Å². The summed E-state index contributed by atoms with van der Waals surface area (Å²) in [5.41, 5.74) is 1.07. The highest BCUT2D eigenvalue weighted by Gasteiger charge is 2.17. The van der Waals surface area contributed by atoms with Gasteiger partial charge in [-0.2, -0.15) is 0 Å². The van der Waals surface area contributed by atoms with Crippen LogP contribution in [-0.2, 0) is 6.42 Å². The second-order valence-corrected chi connectivity index (χ2v) is 5.27. The predicted octanol–water partition coefficient (Wildman–Crippen LogP) is 4.52. The lowest BCUT2D eigenvalue weighted by Crippen LogP contribution is -1.93. The molecular formula is C12H9BrClNO3. The van der Waals surface area contributed by atoms with E-state index in [1.165, 1.54) is 6.07 Å². The molecule has 18 heavy (non-hydrogen) atoms. The number of furan rings is 1. The van der Waals surface area contributed by atoms with E-state index in [0.29, 0.717) is 17.2 Å². The minimum absolute atomic E-state index is 0.104. The lowest BCUT2D eigenvalue weighted by atomic mass is 10.1. The van der Waals surface area contributed by atoms with E-state index in [4.69, 9.17) is 16.0 Å². The molecule has 1 aromatic carbocycles. The Bertz CT molecular complexity index is 553. The number of rotatable bonds is 4. The molecule has 0 N–H and O–H groups in total. The van der Waals surface area contributed by atoms with Crippen molar-refractivity contribution in [3.63, 3.8) is 0 Å². The van der Waals surface area contributed by atoms with E-state index in [0.717, 1.165) is 5.56 Å². The SMILES string of the molecule is O=[N+]([O-])c1ccc(C(Br)Cc2ccc(Cl)cc2)o1. The van der Waals surface area contributed by atoms with Gasteiger partial charge in [0, 0.05) is 5.02 Å². The third-order valence-corrected chi connectivity index (χ3v) is 3.46. The molecule has 1 unspecified atom stereocenters. The number of halogens is 2. The fourth-order valence-electron chi connectivity index (χ4n) is 1.54. The largest absolute Gasteiger partial charge is 0.433 e. The van der Waals surface area contributed by atoms with Crippen LogP contribution in [0.4, 0.5) is 5.88 Å². The molecule has 4 nitrogen and oxygen atoms in total. The molecule has 0 amide bonds. The Morgan fingerprint density at radius 2 is 1.94 bits per heavy atom. The maximum absolute atomic E-state index is 10.5. The lowest BCUT2D eigenvalue weighted by Gasteiger charge is -2.06. The first-order chi connectivity index (χ1) is 8.56. The Balaban J connectivity index is 2.09. The van der Waals surface area contributed by atoms with E-state index in [2.05, 4.69) is 15.9 Å². The van der Waals surface area contributed by atoms with Gasteiger partial charge in [-0.1, -0.05) is 39.7 Å². The molecule has 1 atom stereocenters. The van der Waals surface area contributed by atoms with Crippen molar-refractivity contribution in [3.05, 3.63) is 62.9 Å². The van der Waals surface area contributed by atoms with Crippen molar-refractivity contribution in [1.82, 2.24) is 0 Å². The number of nitro groups is 1. The zero-order valence-corrected chi connectivity index (χ0v) is 11.5. The molecule has 0 fully saturated rings. The maximum atomic E-state index is 10.5. The Morgan fingerprint density at radius 1 is 1.28 bits per heavy atom. The molecule has 1 heterocycles. The molecule has 0 spiro atoms. The van der Waals surface area contributed by atoms with Crippen molar-refractivity contribution >= 4 is 33.4 Å². The van der Waals surface area contributed by atoms with E-state index in [-0.39, 0.29) is 10.7 Å². The molecule has 0 aliphatic rings. The summed E-state index contributed by atoms with van der Waals surface area (Å²) in [5.74, 6) is 0.294. The molecule has 0 aliphatic carbocycles. The topological polar surface area (TPSA) is 56.3 Å². The molecule has 94 valence electrons. The van der Waals surface area contributed by atoms with Gasteiger partial charge in [0.2, 0.25) is 0 Å². The molecule has 0 saturated heterocycles. The summed E-state index contributed by atoms with van der Waals surface area (Å²) in [6.07, 6.45) is 0.668. The number of nitrogens with zero attached hydrogens (tertiary/aromatic N) is 1. The van der Waals surface area contributed by atoms with Crippen LogP contribution in [0, 0.1) is 10.1 Å². The average Bonchev–Trinajstić information content (AvgIpc) is 2.81. The molecule has 0 radical (unpaired) electrons. The van der Waals surface area contributed by atoms with E-state index in [1.807, 2.05) is 12.1 Å². The molecule has 1 aromatic heterocycles. The van der Waals surface area contributed by atoms with Crippen molar-refractivity contribution < 1.29 is 9.34 Å². The fourth-order valence-corrected chi connectivity index (χ4v) is 2.28. The van der Waals surface area contributed by atoms with Gasteiger partial charge in [-0.05, 0) is 30.2 Å². The number of hydrogen-bond donors (Lipinski definition) is 0. The van der Waals surface area contributed by atoms with Gasteiger partial charge in [0.1, 0.15) is 10.7 Å². The van der Waals surface area contributed by atoms with E-state index >= 15 is 0 Å². The molecule has 2 rings (SSSR count). The van der Waals surface area contributed by atoms with Gasteiger partial charge in [0.05, 0.1) is 10.9 Å². The van der Waals surface area contributed by atoms with E-state index in [9.17, 15) is 10.1 Å². The highest BCUT2D eigenvalue weighted by Crippen LogP contribution is 2.30. The van der Waals surface area contributed by atoms with Gasteiger partial charge >= 0.3 is 5.88 Å². The standard InChI is InChI=1S/C12H9BrClNO3/c13-10(7-8-1-3-9(14)4-2-8)11-5-6-12(18-11)15(16)17/h1-6,10H,7H2. The predicted molar refractivity (Wildman–Crippen MR) is 72.2 cm³/mol. The summed E-state index contributed by atoms with van der Waals surface area (Å²) in [6.45, 7) is 0. The third-order valence-electron chi connectivity index (χ3n) is 2.43. The number of hydrogen-bond acceptors (Lipinski definition) is 3. The Kier molecular flexibility index (Phi) is 4.04. The molecular weight excluding hydrogens is 321 g/mol. The summed E-state index contributed by atoms with van der Waals surface area (Å²) in [7, 11) is 0. The van der Waals surface area contributed by atoms with Crippen LogP contribution in [0.15, 0.2) is 40.8 Å². The highest BCUT2D eigenvalue weighted by atomic mass is 79.9. The second-order valence-electron chi connectivity index (χ2n) is 3.73. The molecule has 0 saturated carbocycles. The van der Waals surface area contributed by atoms with Crippen molar-refractivity contribution in [3.8, 4) is 0 Å². The molecule has 6 heteroatoms. The van der Waals surface area contributed by atoms with Crippen molar-refractivity contribution in [2.24, 2.45) is 0 Å². The normalized spacial score (nSPS) is 12.3. The average molecular weight is 331 g/mol. The Morgan fingerprint density at radius 3 is 2.50 bits per heavy atom. The Hall–Kier alpha value is -1.33. The maximum Gasteiger partial charge on any atom is 0.433 e. The van der Waals surface area contributed by atoms with Crippen LogP contribution in [-0.4, -0.2) is 4.92 Å². The summed E-state index contributed by atoms with van der Waals surface area (Å²) in [4.78, 5) is 9.86. The first-order valence-corrected chi connectivity index (χ1v) is 6.48. The first kappa shape index (κ1) is 13.1. The van der Waals surface area contributed by atoms with Crippen molar-refractivity contribution in [2.45, 2.75) is 11.2 Å². The number of benzene rings is 1. The van der Waals surface area contributed by atoms with E-state index < -0.39 is 4.92 Å². The van der Waals surface area contributed by atoms with Gasteiger partial charge in [-0.25, -0.2) is 0 Å². The zero-order chi connectivity index (χ0) is 13.1. The van der Waals surface area contributed by atoms with Gasteiger partial charge in [-0.3, -0.25) is 10.1 Å². The smallest absolute Gasteiger partial charge is 0.405 e. The minimum Gasteiger partial charge on any atom is -0.405 e. The highest BCUT2D eigenvalue weighted by molar-refractivity contribution is 9.09. The summed E-state index contributed by atoms with van der Waals surface area (Å²) in [5, 5.41) is 11.2. The molecule has 2 aromatic rings. The summed E-state index contributed by atoms with van der Waals surface area (Å²) >= 11 is 9.25. The zero-order valence-electron chi connectivity index (χ0n) is 9.18. The lowest BCUT2D eigenvalue weighted by molar-refractivity contribution is -0.402. The van der Waals surface area contributed by atoms with E-state index in [1.54, 1.807) is 18.2 Å². The van der Waals surface area contributed by atoms with Crippen LogP contribution in [0.1, 0.15) is 16.2 Å². The monoisotopic (exact) mass is 329 g/mol. The van der Waals surface area contributed by atoms with Gasteiger partial charge in [0.25, 0.3) is 0 Å².